The van der Waals surface area contributed by atoms with E-state index in [9.17, 15) is 14.4 Å². The van der Waals surface area contributed by atoms with Crippen LogP contribution in [0.3, 0.4) is 0 Å². The molecule has 4 rings (SSSR count). The van der Waals surface area contributed by atoms with Crippen molar-refractivity contribution in [2.24, 2.45) is 0 Å². The summed E-state index contributed by atoms with van der Waals surface area (Å²) >= 11 is 1.27. The van der Waals surface area contributed by atoms with Crippen molar-refractivity contribution < 1.29 is 4.79 Å². The van der Waals surface area contributed by atoms with Gasteiger partial charge in [0.1, 0.15) is 0 Å². The standard InChI is InChI=1S/C24H27N5O3S/c1-3-4-5-8-13-29-22(31)17-9-6-7-10-18(17)28-24(29)33-15(2)21(30)25-16-11-12-19-20(14-16)27-23(32)26-19/h6-7,9-12,14-15H,3-5,8,13H2,1-2H3,(H,25,30)(H2,26,27,32). The number of amides is 1. The summed E-state index contributed by atoms with van der Waals surface area (Å²) in [5.41, 5.74) is 2.14. The maximum absolute atomic E-state index is 13.2. The van der Waals surface area contributed by atoms with E-state index in [0.29, 0.717) is 39.3 Å². The number of aromatic amines is 2. The molecule has 33 heavy (non-hydrogen) atoms. The van der Waals surface area contributed by atoms with Crippen molar-refractivity contribution in [3.63, 3.8) is 0 Å². The highest BCUT2D eigenvalue weighted by Gasteiger charge is 2.20. The van der Waals surface area contributed by atoms with Gasteiger partial charge in [0.2, 0.25) is 5.91 Å². The van der Waals surface area contributed by atoms with E-state index in [-0.39, 0.29) is 17.2 Å². The van der Waals surface area contributed by atoms with Crippen LogP contribution in [0.5, 0.6) is 0 Å². The van der Waals surface area contributed by atoms with E-state index in [2.05, 4.69) is 22.2 Å². The lowest BCUT2D eigenvalue weighted by Crippen LogP contribution is -2.27. The monoisotopic (exact) mass is 465 g/mol. The molecule has 0 saturated carbocycles. The summed E-state index contributed by atoms with van der Waals surface area (Å²) in [6.07, 6.45) is 4.16. The summed E-state index contributed by atoms with van der Waals surface area (Å²) in [5, 5.41) is 3.53. The van der Waals surface area contributed by atoms with Crippen molar-refractivity contribution in [1.82, 2.24) is 19.5 Å². The van der Waals surface area contributed by atoms with Crippen LogP contribution < -0.4 is 16.6 Å². The van der Waals surface area contributed by atoms with Crippen LogP contribution in [0, 0.1) is 0 Å². The molecule has 0 saturated heterocycles. The predicted octanol–water partition coefficient (Wildman–Crippen LogP) is 4.27. The van der Waals surface area contributed by atoms with Crippen molar-refractivity contribution in [1.29, 1.82) is 0 Å². The van der Waals surface area contributed by atoms with Crippen LogP contribution in [0.25, 0.3) is 21.9 Å². The number of unbranched alkanes of at least 4 members (excludes halogenated alkanes) is 3. The van der Waals surface area contributed by atoms with Gasteiger partial charge in [-0.2, -0.15) is 0 Å². The number of anilines is 1. The Morgan fingerprint density at radius 3 is 2.70 bits per heavy atom. The number of imidazole rings is 1. The Kier molecular flexibility index (Phi) is 6.98. The number of carbonyl (C=O) groups is 1. The molecule has 3 N–H and O–H groups in total. The summed E-state index contributed by atoms with van der Waals surface area (Å²) in [5.74, 6) is -0.211. The predicted molar refractivity (Wildman–Crippen MR) is 133 cm³/mol. The molecule has 0 aliphatic carbocycles. The number of carbonyl (C=O) groups excluding carboxylic acids is 1. The zero-order valence-corrected chi connectivity index (χ0v) is 19.5. The molecule has 9 heteroatoms. The second kappa shape index (κ2) is 10.1. The van der Waals surface area contributed by atoms with Crippen LogP contribution in [-0.4, -0.2) is 30.7 Å². The number of thioether (sulfide) groups is 1. The molecule has 2 heterocycles. The van der Waals surface area contributed by atoms with Crippen molar-refractivity contribution in [3.05, 3.63) is 63.3 Å². The third-order valence-electron chi connectivity index (χ3n) is 5.50. The Morgan fingerprint density at radius 2 is 1.88 bits per heavy atom. The molecule has 0 radical (unpaired) electrons. The first-order chi connectivity index (χ1) is 16.0. The highest BCUT2D eigenvalue weighted by Crippen LogP contribution is 2.24. The van der Waals surface area contributed by atoms with Gasteiger partial charge < -0.3 is 15.3 Å². The number of hydrogen-bond acceptors (Lipinski definition) is 5. The third kappa shape index (κ3) is 5.19. The van der Waals surface area contributed by atoms with Crippen molar-refractivity contribution >= 4 is 45.3 Å². The lowest BCUT2D eigenvalue weighted by atomic mass is 10.2. The van der Waals surface area contributed by atoms with Gasteiger partial charge in [0.15, 0.2) is 5.16 Å². The minimum atomic E-state index is -0.485. The van der Waals surface area contributed by atoms with E-state index in [1.165, 1.54) is 11.8 Å². The van der Waals surface area contributed by atoms with Gasteiger partial charge in [0.25, 0.3) is 5.56 Å². The number of hydrogen-bond donors (Lipinski definition) is 3. The van der Waals surface area contributed by atoms with Gasteiger partial charge in [0, 0.05) is 12.2 Å². The minimum absolute atomic E-state index is 0.0749. The smallest absolute Gasteiger partial charge is 0.323 e. The zero-order valence-electron chi connectivity index (χ0n) is 18.7. The normalized spacial score (nSPS) is 12.3. The Hall–Kier alpha value is -3.33. The summed E-state index contributed by atoms with van der Waals surface area (Å²) in [6, 6.07) is 12.5. The third-order valence-corrected chi connectivity index (χ3v) is 6.59. The largest absolute Gasteiger partial charge is 0.325 e. The van der Waals surface area contributed by atoms with Gasteiger partial charge in [0.05, 0.1) is 27.2 Å². The summed E-state index contributed by atoms with van der Waals surface area (Å²) < 4.78 is 1.70. The summed E-state index contributed by atoms with van der Waals surface area (Å²) in [4.78, 5) is 47.6. The number of benzene rings is 2. The number of fused-ring (bicyclic) bond motifs is 2. The van der Waals surface area contributed by atoms with Gasteiger partial charge in [-0.05, 0) is 43.7 Å². The van der Waals surface area contributed by atoms with Crippen molar-refractivity contribution in [3.8, 4) is 0 Å². The molecule has 1 amide bonds. The fourth-order valence-corrected chi connectivity index (χ4v) is 4.63. The van der Waals surface area contributed by atoms with E-state index in [1.54, 1.807) is 35.8 Å². The molecule has 2 aromatic carbocycles. The Balaban J connectivity index is 1.55. The molecule has 0 aliphatic rings. The van der Waals surface area contributed by atoms with Crippen LogP contribution in [-0.2, 0) is 11.3 Å². The first kappa shape index (κ1) is 22.8. The van der Waals surface area contributed by atoms with Gasteiger partial charge in [-0.1, -0.05) is 50.1 Å². The second-order valence-electron chi connectivity index (χ2n) is 8.02. The maximum Gasteiger partial charge on any atom is 0.323 e. The van der Waals surface area contributed by atoms with Crippen molar-refractivity contribution in [2.45, 2.75) is 56.5 Å². The molecule has 0 fully saturated rings. The minimum Gasteiger partial charge on any atom is -0.325 e. The Labute approximate surface area is 194 Å². The Morgan fingerprint density at radius 1 is 1.09 bits per heavy atom. The molecule has 8 nitrogen and oxygen atoms in total. The molecule has 1 unspecified atom stereocenters. The van der Waals surface area contributed by atoms with Crippen LogP contribution in [0.1, 0.15) is 39.5 Å². The number of aromatic nitrogens is 4. The van der Waals surface area contributed by atoms with Crippen molar-refractivity contribution in [2.75, 3.05) is 5.32 Å². The van der Waals surface area contributed by atoms with Crippen LogP contribution in [0.2, 0.25) is 0 Å². The van der Waals surface area contributed by atoms with Gasteiger partial charge in [-0.25, -0.2) is 9.78 Å². The highest BCUT2D eigenvalue weighted by molar-refractivity contribution is 8.00. The summed E-state index contributed by atoms with van der Waals surface area (Å²) in [7, 11) is 0. The molecule has 0 spiro atoms. The molecule has 172 valence electrons. The van der Waals surface area contributed by atoms with Crippen LogP contribution in [0.15, 0.2) is 57.2 Å². The van der Waals surface area contributed by atoms with E-state index in [1.807, 2.05) is 18.2 Å². The number of para-hydroxylation sites is 1. The number of H-pyrrole nitrogens is 2. The quantitative estimate of drug-likeness (QED) is 0.194. The number of rotatable bonds is 9. The van der Waals surface area contributed by atoms with Crippen LogP contribution >= 0.6 is 11.8 Å². The molecule has 2 aromatic heterocycles. The van der Waals surface area contributed by atoms with E-state index >= 15 is 0 Å². The molecule has 4 aromatic rings. The van der Waals surface area contributed by atoms with Crippen LogP contribution in [0.4, 0.5) is 5.69 Å². The first-order valence-corrected chi connectivity index (χ1v) is 12.0. The lowest BCUT2D eigenvalue weighted by Gasteiger charge is -2.16. The van der Waals surface area contributed by atoms with E-state index in [0.717, 1.165) is 25.7 Å². The molecule has 0 bridgehead atoms. The van der Waals surface area contributed by atoms with E-state index in [4.69, 9.17) is 4.98 Å². The number of nitrogens with one attached hydrogen (secondary N) is 3. The fraction of sp³-hybridized carbons (Fsp3) is 0.333. The Bertz CT molecular complexity index is 1400. The number of nitrogens with zero attached hydrogens (tertiary/aromatic N) is 2. The SMILES string of the molecule is CCCCCCn1c(SC(C)C(=O)Nc2ccc3[nH]c(=O)[nH]c3c2)nc2ccccc2c1=O. The molecular formula is C24H27N5O3S. The molecular weight excluding hydrogens is 438 g/mol. The topological polar surface area (TPSA) is 113 Å². The van der Waals surface area contributed by atoms with Gasteiger partial charge in [-0.3, -0.25) is 14.2 Å². The lowest BCUT2D eigenvalue weighted by molar-refractivity contribution is -0.115. The second-order valence-corrected chi connectivity index (χ2v) is 9.33. The molecule has 1 atom stereocenters. The average molecular weight is 466 g/mol. The first-order valence-electron chi connectivity index (χ1n) is 11.2. The fourth-order valence-electron chi connectivity index (χ4n) is 3.70. The molecule has 0 aliphatic heterocycles. The zero-order chi connectivity index (χ0) is 23.4. The maximum atomic E-state index is 13.2. The van der Waals surface area contributed by atoms with Gasteiger partial charge >= 0.3 is 5.69 Å². The highest BCUT2D eigenvalue weighted by atomic mass is 32.2. The average Bonchev–Trinajstić information content (AvgIpc) is 3.17. The summed E-state index contributed by atoms with van der Waals surface area (Å²) in [6.45, 7) is 4.51. The van der Waals surface area contributed by atoms with Gasteiger partial charge in [-0.15, -0.1) is 0 Å². The van der Waals surface area contributed by atoms with E-state index < -0.39 is 5.25 Å².